The van der Waals surface area contributed by atoms with E-state index in [-0.39, 0.29) is 11.9 Å². The molecule has 1 saturated carbocycles. The topological polar surface area (TPSA) is 79.4 Å². The molecule has 1 aliphatic carbocycles. The van der Waals surface area contributed by atoms with Gasteiger partial charge in [-0.15, -0.1) is 0 Å². The molecular weight excluding hydrogens is 376 g/mol. The second-order valence-corrected chi connectivity index (χ2v) is 9.68. The van der Waals surface area contributed by atoms with E-state index in [1.54, 1.807) is 4.68 Å². The van der Waals surface area contributed by atoms with Gasteiger partial charge in [-0.25, -0.2) is 0 Å². The molecule has 1 spiro atoms. The fourth-order valence-corrected chi connectivity index (χ4v) is 5.21. The van der Waals surface area contributed by atoms with Gasteiger partial charge in [0.05, 0.1) is 5.52 Å². The third-order valence-electron chi connectivity index (χ3n) is 7.62. The second-order valence-electron chi connectivity index (χ2n) is 9.68. The van der Waals surface area contributed by atoms with Gasteiger partial charge in [0.1, 0.15) is 0 Å². The van der Waals surface area contributed by atoms with Gasteiger partial charge >= 0.3 is 0 Å². The van der Waals surface area contributed by atoms with Crippen LogP contribution in [0.25, 0.3) is 10.9 Å². The van der Waals surface area contributed by atoms with Crippen LogP contribution in [0, 0.1) is 5.41 Å². The largest absolute Gasteiger partial charge is 0.399 e. The van der Waals surface area contributed by atoms with Crippen molar-refractivity contribution in [3.05, 3.63) is 23.9 Å². The van der Waals surface area contributed by atoms with E-state index >= 15 is 0 Å². The van der Waals surface area contributed by atoms with E-state index in [1.807, 2.05) is 25.2 Å². The third-order valence-corrected chi connectivity index (χ3v) is 7.62. The molecule has 2 aromatic rings. The Hall–Kier alpha value is -2.12. The summed E-state index contributed by atoms with van der Waals surface area (Å²) < 4.78 is 1.73. The molecule has 7 heteroatoms. The summed E-state index contributed by atoms with van der Waals surface area (Å²) in [6.45, 7) is 7.03. The van der Waals surface area contributed by atoms with Crippen molar-refractivity contribution in [3.63, 3.8) is 0 Å². The van der Waals surface area contributed by atoms with Gasteiger partial charge < -0.3 is 20.9 Å². The van der Waals surface area contributed by atoms with Crippen LogP contribution in [0.2, 0.25) is 0 Å². The third kappa shape index (κ3) is 4.05. The lowest BCUT2D eigenvalue weighted by Crippen LogP contribution is -2.47. The fraction of sp³-hybridized carbons (Fsp3) is 0.652. The minimum Gasteiger partial charge on any atom is -0.399 e. The van der Waals surface area contributed by atoms with E-state index in [2.05, 4.69) is 20.2 Å². The number of carbonyl (C=O) groups is 1. The van der Waals surface area contributed by atoms with Crippen LogP contribution in [0.15, 0.2) is 18.2 Å². The van der Waals surface area contributed by atoms with Gasteiger partial charge in [-0.05, 0) is 75.2 Å². The van der Waals surface area contributed by atoms with Crippen molar-refractivity contribution in [1.82, 2.24) is 24.9 Å². The highest BCUT2D eigenvalue weighted by molar-refractivity contribution is 6.05. The zero-order valence-corrected chi connectivity index (χ0v) is 18.1. The number of nitrogens with two attached hydrogens (primary N) is 1. The van der Waals surface area contributed by atoms with Gasteiger partial charge in [0.15, 0.2) is 5.69 Å². The van der Waals surface area contributed by atoms with Gasteiger partial charge in [-0.2, -0.15) is 5.10 Å². The molecule has 3 heterocycles. The number of hydrogen-bond donors (Lipinski definition) is 2. The number of nitrogens with one attached hydrogen (secondary N) is 1. The van der Waals surface area contributed by atoms with Gasteiger partial charge in [0.25, 0.3) is 5.91 Å². The van der Waals surface area contributed by atoms with Crippen LogP contribution in [0.5, 0.6) is 0 Å². The molecule has 1 aromatic heterocycles. The summed E-state index contributed by atoms with van der Waals surface area (Å²) in [6, 6.07) is 5.81. The molecule has 1 amide bonds. The lowest BCUT2D eigenvalue weighted by Gasteiger charge is -2.36. The number of nitrogens with zero attached hydrogens (tertiary/aromatic N) is 4. The molecule has 162 valence electrons. The molecule has 1 aromatic carbocycles. The average molecular weight is 411 g/mol. The molecule has 2 saturated heterocycles. The highest BCUT2D eigenvalue weighted by Crippen LogP contribution is 2.53. The van der Waals surface area contributed by atoms with Crippen molar-refractivity contribution >= 4 is 22.5 Å². The molecule has 3 fully saturated rings. The van der Waals surface area contributed by atoms with Crippen molar-refractivity contribution < 1.29 is 4.79 Å². The first-order valence-corrected chi connectivity index (χ1v) is 11.5. The summed E-state index contributed by atoms with van der Waals surface area (Å²) in [5.41, 5.74) is 8.71. The number of fused-ring (bicyclic) bond motifs is 1. The van der Waals surface area contributed by atoms with Crippen LogP contribution in [-0.2, 0) is 7.05 Å². The molecular formula is C23H34N6O. The summed E-state index contributed by atoms with van der Waals surface area (Å²) in [5, 5.41) is 8.51. The zero-order valence-electron chi connectivity index (χ0n) is 18.1. The molecule has 2 aliphatic heterocycles. The highest BCUT2D eigenvalue weighted by atomic mass is 16.2. The first kappa shape index (κ1) is 19.8. The Morgan fingerprint density at radius 2 is 1.77 bits per heavy atom. The summed E-state index contributed by atoms with van der Waals surface area (Å²) in [4.78, 5) is 18.1. The number of carbonyl (C=O) groups excluding carboxylic acids is 1. The Morgan fingerprint density at radius 3 is 2.43 bits per heavy atom. The van der Waals surface area contributed by atoms with E-state index < -0.39 is 0 Å². The number of aromatic nitrogens is 2. The fourth-order valence-electron chi connectivity index (χ4n) is 5.21. The summed E-state index contributed by atoms with van der Waals surface area (Å²) in [5.74, 6) is -0.0776. The zero-order chi connectivity index (χ0) is 20.7. The molecule has 3 aliphatic rings. The molecule has 0 bridgehead atoms. The Labute approximate surface area is 178 Å². The average Bonchev–Trinajstić information content (AvgIpc) is 3.43. The van der Waals surface area contributed by atoms with Crippen LogP contribution < -0.4 is 11.1 Å². The van der Waals surface area contributed by atoms with Gasteiger partial charge in [0.2, 0.25) is 0 Å². The lowest BCUT2D eigenvalue weighted by molar-refractivity contribution is 0.0897. The lowest BCUT2D eigenvalue weighted by atomic mass is 9.94. The van der Waals surface area contributed by atoms with Crippen LogP contribution in [-0.4, -0.2) is 70.8 Å². The maximum Gasteiger partial charge on any atom is 0.272 e. The predicted molar refractivity (Wildman–Crippen MR) is 119 cm³/mol. The molecule has 3 N–H and O–H groups in total. The van der Waals surface area contributed by atoms with E-state index in [0.29, 0.717) is 11.4 Å². The van der Waals surface area contributed by atoms with Gasteiger partial charge in [-0.1, -0.05) is 0 Å². The molecule has 0 atom stereocenters. The minimum atomic E-state index is -0.0776. The molecule has 5 rings (SSSR count). The SMILES string of the molecule is Cn1nc(C(=O)NC2CCN(CCN3CCC4(CC3)CC4)CC2)c2ccc(N)cc21. The normalized spacial score (nSPS) is 22.6. The number of piperidine rings is 2. The van der Waals surface area contributed by atoms with Crippen molar-refractivity contribution in [2.45, 2.75) is 44.6 Å². The van der Waals surface area contributed by atoms with Gasteiger partial charge in [0, 0.05) is 50.3 Å². The molecule has 30 heavy (non-hydrogen) atoms. The van der Waals surface area contributed by atoms with Crippen molar-refractivity contribution in [2.24, 2.45) is 12.5 Å². The van der Waals surface area contributed by atoms with Crippen LogP contribution in [0.1, 0.15) is 49.0 Å². The Morgan fingerprint density at radius 1 is 1.10 bits per heavy atom. The Balaban J connectivity index is 1.09. The summed E-state index contributed by atoms with van der Waals surface area (Å²) >= 11 is 0. The smallest absolute Gasteiger partial charge is 0.272 e. The predicted octanol–water partition coefficient (Wildman–Crippen LogP) is 2.23. The molecule has 0 unspecified atom stereocenters. The number of benzene rings is 1. The van der Waals surface area contributed by atoms with Crippen molar-refractivity contribution in [1.29, 1.82) is 0 Å². The number of hydrogen-bond acceptors (Lipinski definition) is 5. The van der Waals surface area contributed by atoms with Crippen LogP contribution in [0.4, 0.5) is 5.69 Å². The summed E-state index contributed by atoms with van der Waals surface area (Å²) in [7, 11) is 1.85. The standard InChI is InChI=1S/C23H34N6O/c1-27-20-16-17(24)2-3-19(20)21(26-27)22(30)25-18-4-10-28(11-5-18)14-15-29-12-8-23(6-7-23)9-13-29/h2-3,16,18H,4-15,24H2,1H3,(H,25,30). The first-order valence-electron chi connectivity index (χ1n) is 11.5. The summed E-state index contributed by atoms with van der Waals surface area (Å²) in [6.07, 6.45) is 7.79. The molecule has 7 nitrogen and oxygen atoms in total. The maximum absolute atomic E-state index is 12.9. The van der Waals surface area contributed by atoms with E-state index in [4.69, 9.17) is 5.73 Å². The number of anilines is 1. The number of nitrogen functional groups attached to an aromatic ring is 1. The van der Waals surface area contributed by atoms with Crippen LogP contribution in [0.3, 0.4) is 0 Å². The van der Waals surface area contributed by atoms with Crippen LogP contribution >= 0.6 is 0 Å². The Kier molecular flexibility index (Phi) is 5.19. The number of amides is 1. The monoisotopic (exact) mass is 410 g/mol. The number of likely N-dealkylation sites (tertiary alicyclic amines) is 2. The first-order chi connectivity index (χ1) is 14.5. The quantitative estimate of drug-likeness (QED) is 0.739. The number of aryl methyl sites for hydroxylation is 1. The van der Waals surface area contributed by atoms with Crippen molar-refractivity contribution in [3.8, 4) is 0 Å². The Bertz CT molecular complexity index is 915. The second kappa shape index (κ2) is 7.85. The van der Waals surface area contributed by atoms with Gasteiger partial charge in [-0.3, -0.25) is 9.48 Å². The molecule has 0 radical (unpaired) electrons. The van der Waals surface area contributed by atoms with Crippen molar-refractivity contribution in [2.75, 3.05) is 45.0 Å². The minimum absolute atomic E-state index is 0.0776. The maximum atomic E-state index is 12.9. The highest BCUT2D eigenvalue weighted by Gasteiger charge is 2.44. The van der Waals surface area contributed by atoms with E-state index in [0.717, 1.165) is 48.8 Å². The van der Waals surface area contributed by atoms with E-state index in [9.17, 15) is 4.79 Å². The number of rotatable bonds is 5. The van der Waals surface area contributed by atoms with E-state index in [1.165, 1.54) is 45.3 Å².